The molecule has 126 valence electrons. The second-order valence-corrected chi connectivity index (χ2v) is 7.79. The molecule has 0 fully saturated rings. The Balaban J connectivity index is 0.00000169. The van der Waals surface area contributed by atoms with Gasteiger partial charge in [0.25, 0.3) is 0 Å². The van der Waals surface area contributed by atoms with Gasteiger partial charge < -0.3 is 19.3 Å². The van der Waals surface area contributed by atoms with E-state index in [1.807, 2.05) is 0 Å². The molecule has 0 aliphatic carbocycles. The molecule has 12 heteroatoms. The molecule has 0 saturated carbocycles. The number of phenols is 2. The summed E-state index contributed by atoms with van der Waals surface area (Å²) >= 11 is 0. The first kappa shape index (κ1) is 23.6. The number of rotatable bonds is 2. The zero-order chi connectivity index (χ0) is 17.9. The summed E-state index contributed by atoms with van der Waals surface area (Å²) in [6, 6.07) is 6.65. The van der Waals surface area contributed by atoms with Gasteiger partial charge in [-0.15, -0.1) is 0 Å². The second-order valence-electron chi connectivity index (χ2n) is 5.06. The molecule has 0 atom stereocenters. The van der Waals surface area contributed by atoms with E-state index >= 15 is 0 Å². The van der Waals surface area contributed by atoms with Crippen LogP contribution in [0.4, 0.5) is 0 Å². The molecule has 3 rings (SSSR count). The minimum atomic E-state index is -5.04. The van der Waals surface area contributed by atoms with E-state index in [0.717, 1.165) is 12.1 Å². The van der Waals surface area contributed by atoms with Crippen LogP contribution < -0.4 is 59.1 Å². The van der Waals surface area contributed by atoms with Crippen molar-refractivity contribution in [2.24, 2.45) is 0 Å². The normalized spacial score (nSPS) is 11.8. The van der Waals surface area contributed by atoms with Crippen molar-refractivity contribution in [2.45, 2.75) is 9.79 Å². The van der Waals surface area contributed by atoms with Gasteiger partial charge in [-0.2, -0.15) is 0 Å². The zero-order valence-corrected chi connectivity index (χ0v) is 19.3. The van der Waals surface area contributed by atoms with E-state index in [4.69, 9.17) is 0 Å². The Morgan fingerprint density at radius 2 is 1.31 bits per heavy atom. The standard InChI is InChI=1S/C14H10O8S2.2Na/c15-12-6-13(24(20,21)22)14(16)11-5-8-3-9(23(17,18)19)2-1-7(8)4-10(11)12;;/h1-6,15-16H,(H,17,18,19)(H,20,21,22);;/q;2*+1/p-2. The van der Waals surface area contributed by atoms with Gasteiger partial charge in [0.2, 0.25) is 0 Å². The quantitative estimate of drug-likeness (QED) is 0.183. The van der Waals surface area contributed by atoms with Gasteiger partial charge in [-0.1, -0.05) is 6.07 Å². The van der Waals surface area contributed by atoms with Crippen LogP contribution in [-0.2, 0) is 20.2 Å². The van der Waals surface area contributed by atoms with Crippen molar-refractivity contribution in [2.75, 3.05) is 0 Å². The third-order valence-corrected chi connectivity index (χ3v) is 5.22. The van der Waals surface area contributed by atoms with Crippen molar-refractivity contribution >= 4 is 41.8 Å². The van der Waals surface area contributed by atoms with Crippen LogP contribution in [0, 0.1) is 0 Å². The molecule has 0 spiro atoms. The summed E-state index contributed by atoms with van der Waals surface area (Å²) in [4.78, 5) is -1.51. The maximum atomic E-state index is 11.2. The van der Waals surface area contributed by atoms with Gasteiger partial charge in [0.15, 0.2) is 0 Å². The summed E-state index contributed by atoms with van der Waals surface area (Å²) in [7, 11) is -9.74. The molecule has 26 heavy (non-hydrogen) atoms. The van der Waals surface area contributed by atoms with Gasteiger partial charge in [-0.3, -0.25) is 0 Å². The minimum absolute atomic E-state index is 0. The van der Waals surface area contributed by atoms with Crippen LogP contribution in [0.15, 0.2) is 46.2 Å². The smallest absolute Gasteiger partial charge is 0.744 e. The molecular formula is C14H8Na2O8S2. The predicted molar refractivity (Wildman–Crippen MR) is 80.7 cm³/mol. The Morgan fingerprint density at radius 1 is 0.731 bits per heavy atom. The number of fused-ring (bicyclic) bond motifs is 2. The van der Waals surface area contributed by atoms with E-state index in [1.54, 1.807) is 0 Å². The van der Waals surface area contributed by atoms with Gasteiger partial charge in [-0.25, -0.2) is 16.8 Å². The van der Waals surface area contributed by atoms with Crippen molar-refractivity contribution in [3.63, 3.8) is 0 Å². The molecule has 2 N–H and O–H groups in total. The topological polar surface area (TPSA) is 155 Å². The number of hydrogen-bond acceptors (Lipinski definition) is 8. The molecule has 0 amide bonds. The predicted octanol–water partition coefficient (Wildman–Crippen LogP) is -4.78. The third-order valence-electron chi connectivity index (χ3n) is 3.54. The van der Waals surface area contributed by atoms with Crippen LogP contribution >= 0.6 is 0 Å². The average molecular weight is 414 g/mol. The first-order valence-corrected chi connectivity index (χ1v) is 9.14. The van der Waals surface area contributed by atoms with Crippen LogP contribution in [0.2, 0.25) is 0 Å². The molecule has 0 heterocycles. The number of benzene rings is 3. The summed E-state index contributed by atoms with van der Waals surface area (Å²) < 4.78 is 66.7. The van der Waals surface area contributed by atoms with Crippen LogP contribution in [-0.4, -0.2) is 36.2 Å². The van der Waals surface area contributed by atoms with Gasteiger partial charge >= 0.3 is 59.1 Å². The Labute approximate surface area is 192 Å². The summed E-state index contributed by atoms with van der Waals surface area (Å²) in [6.45, 7) is 0. The van der Waals surface area contributed by atoms with Crippen molar-refractivity contribution in [3.05, 3.63) is 36.4 Å². The molecule has 3 aromatic rings. The maximum Gasteiger partial charge on any atom is 1.00 e. The molecule has 0 radical (unpaired) electrons. The fourth-order valence-corrected chi connectivity index (χ4v) is 3.54. The fourth-order valence-electron chi connectivity index (χ4n) is 2.43. The van der Waals surface area contributed by atoms with Crippen molar-refractivity contribution < 1.29 is 95.3 Å². The van der Waals surface area contributed by atoms with Gasteiger partial charge in [-0.05, 0) is 35.0 Å². The van der Waals surface area contributed by atoms with Crippen molar-refractivity contribution in [1.29, 1.82) is 0 Å². The van der Waals surface area contributed by atoms with E-state index in [2.05, 4.69) is 0 Å². The summed E-state index contributed by atoms with van der Waals surface area (Å²) in [6.07, 6.45) is 0. The van der Waals surface area contributed by atoms with E-state index in [0.29, 0.717) is 11.5 Å². The van der Waals surface area contributed by atoms with E-state index in [1.165, 1.54) is 18.2 Å². The number of aromatic hydroxyl groups is 2. The fraction of sp³-hybridized carbons (Fsp3) is 0. The second kappa shape index (κ2) is 7.92. The largest absolute Gasteiger partial charge is 1.00 e. The first-order valence-electron chi connectivity index (χ1n) is 6.33. The first-order chi connectivity index (χ1) is 11.0. The van der Waals surface area contributed by atoms with Crippen LogP contribution in [0.5, 0.6) is 11.5 Å². The summed E-state index contributed by atoms with van der Waals surface area (Å²) in [5.74, 6) is -1.41. The molecule has 0 aromatic heterocycles. The monoisotopic (exact) mass is 414 g/mol. The Bertz CT molecular complexity index is 1220. The molecule has 0 aliphatic rings. The SMILES string of the molecule is O=S(=O)([O-])c1ccc2cc3c(O)cc(S(=O)(=O)[O-])c(O)c3cc2c1.[Na+].[Na+]. The van der Waals surface area contributed by atoms with Crippen LogP contribution in [0.1, 0.15) is 0 Å². The van der Waals surface area contributed by atoms with Crippen molar-refractivity contribution in [3.8, 4) is 11.5 Å². The van der Waals surface area contributed by atoms with Crippen molar-refractivity contribution in [1.82, 2.24) is 0 Å². The molecule has 0 saturated heterocycles. The Morgan fingerprint density at radius 3 is 1.85 bits per heavy atom. The van der Waals surface area contributed by atoms with E-state index in [9.17, 15) is 36.2 Å². The number of hydrogen-bond donors (Lipinski definition) is 2. The average Bonchev–Trinajstić information content (AvgIpc) is 2.46. The van der Waals surface area contributed by atoms with E-state index < -0.39 is 41.5 Å². The van der Waals surface area contributed by atoms with Gasteiger partial charge in [0.05, 0.1) is 4.90 Å². The zero-order valence-electron chi connectivity index (χ0n) is 13.6. The van der Waals surface area contributed by atoms with Gasteiger partial charge in [0.1, 0.15) is 36.6 Å². The third kappa shape index (κ3) is 4.36. The minimum Gasteiger partial charge on any atom is -0.744 e. The van der Waals surface area contributed by atoms with Crippen LogP contribution in [0.25, 0.3) is 21.5 Å². The molecule has 3 aromatic carbocycles. The molecule has 0 aliphatic heterocycles. The van der Waals surface area contributed by atoms with Crippen LogP contribution in [0.3, 0.4) is 0 Å². The Hall–Kier alpha value is -0.400. The molecule has 0 unspecified atom stereocenters. The summed E-state index contributed by atoms with van der Waals surface area (Å²) in [5, 5.41) is 20.5. The maximum absolute atomic E-state index is 11.2. The van der Waals surface area contributed by atoms with E-state index in [-0.39, 0.29) is 75.3 Å². The Kier molecular flexibility index (Phi) is 7.20. The number of phenolic OH excluding ortho intramolecular Hbond substituents is 2. The summed E-state index contributed by atoms with van der Waals surface area (Å²) in [5.41, 5.74) is 0. The molecular weight excluding hydrogens is 406 g/mol. The molecule has 0 bridgehead atoms. The van der Waals surface area contributed by atoms with Gasteiger partial charge in [0, 0.05) is 16.8 Å². The molecule has 8 nitrogen and oxygen atoms in total.